The summed E-state index contributed by atoms with van der Waals surface area (Å²) < 4.78 is 0. The molecule has 102 valence electrons. The summed E-state index contributed by atoms with van der Waals surface area (Å²) in [6.07, 6.45) is 0. The SMILES string of the molecule is CC(C)Sc1ccc(C(N(C)C)C(C)(C)O)cc1. The summed E-state index contributed by atoms with van der Waals surface area (Å²) in [5, 5.41) is 10.9. The fraction of sp³-hybridized carbons (Fsp3) is 0.600. The van der Waals surface area contributed by atoms with Crippen molar-refractivity contribution in [1.82, 2.24) is 4.90 Å². The summed E-state index contributed by atoms with van der Waals surface area (Å²) in [6, 6.07) is 8.53. The number of hydrogen-bond donors (Lipinski definition) is 1. The monoisotopic (exact) mass is 267 g/mol. The smallest absolute Gasteiger partial charge is 0.0787 e. The van der Waals surface area contributed by atoms with Crippen LogP contribution in [0.2, 0.25) is 0 Å². The Morgan fingerprint density at radius 3 is 1.94 bits per heavy atom. The molecule has 0 aliphatic heterocycles. The van der Waals surface area contributed by atoms with Crippen LogP contribution in [0, 0.1) is 0 Å². The molecule has 1 rings (SSSR count). The molecular weight excluding hydrogens is 242 g/mol. The number of hydrogen-bond acceptors (Lipinski definition) is 3. The molecule has 0 fully saturated rings. The maximum atomic E-state index is 10.3. The highest BCUT2D eigenvalue weighted by atomic mass is 32.2. The van der Waals surface area contributed by atoms with Gasteiger partial charge in [-0.05, 0) is 45.6 Å². The molecule has 0 radical (unpaired) electrons. The summed E-state index contributed by atoms with van der Waals surface area (Å²) in [6.45, 7) is 8.10. The van der Waals surface area contributed by atoms with Crippen molar-refractivity contribution in [3.63, 3.8) is 0 Å². The van der Waals surface area contributed by atoms with E-state index in [1.165, 1.54) is 4.90 Å². The van der Waals surface area contributed by atoms with E-state index in [9.17, 15) is 5.11 Å². The van der Waals surface area contributed by atoms with E-state index in [1.54, 1.807) is 0 Å². The van der Waals surface area contributed by atoms with Crippen LogP contribution in [-0.2, 0) is 0 Å². The molecule has 0 aliphatic carbocycles. The van der Waals surface area contributed by atoms with Gasteiger partial charge in [0, 0.05) is 10.1 Å². The first kappa shape index (κ1) is 15.5. The third kappa shape index (κ3) is 4.30. The van der Waals surface area contributed by atoms with Crippen molar-refractivity contribution in [1.29, 1.82) is 0 Å². The lowest BCUT2D eigenvalue weighted by atomic mass is 9.91. The zero-order valence-electron chi connectivity index (χ0n) is 12.3. The molecule has 0 spiro atoms. The van der Waals surface area contributed by atoms with Gasteiger partial charge in [0.25, 0.3) is 0 Å². The van der Waals surface area contributed by atoms with E-state index in [0.29, 0.717) is 5.25 Å². The molecule has 18 heavy (non-hydrogen) atoms. The molecule has 1 aromatic carbocycles. The van der Waals surface area contributed by atoms with Gasteiger partial charge in [0.15, 0.2) is 0 Å². The summed E-state index contributed by atoms with van der Waals surface area (Å²) in [7, 11) is 4.00. The number of benzene rings is 1. The van der Waals surface area contributed by atoms with Gasteiger partial charge in [0.2, 0.25) is 0 Å². The van der Waals surface area contributed by atoms with Crippen LogP contribution in [0.4, 0.5) is 0 Å². The minimum atomic E-state index is -0.754. The first-order valence-corrected chi connectivity index (χ1v) is 7.25. The van der Waals surface area contributed by atoms with Gasteiger partial charge in [0.05, 0.1) is 11.6 Å². The Bertz CT molecular complexity index is 365. The Labute approximate surface area is 115 Å². The fourth-order valence-electron chi connectivity index (χ4n) is 2.34. The molecule has 1 atom stereocenters. The Kier molecular flexibility index (Phi) is 5.26. The average Bonchev–Trinajstić information content (AvgIpc) is 2.17. The van der Waals surface area contributed by atoms with E-state index in [0.717, 1.165) is 5.56 Å². The van der Waals surface area contributed by atoms with E-state index in [1.807, 2.05) is 39.7 Å². The normalized spacial score (nSPS) is 14.3. The van der Waals surface area contributed by atoms with E-state index in [-0.39, 0.29) is 6.04 Å². The summed E-state index contributed by atoms with van der Waals surface area (Å²) in [5.41, 5.74) is 0.400. The van der Waals surface area contributed by atoms with Gasteiger partial charge in [-0.2, -0.15) is 0 Å². The molecule has 0 heterocycles. The molecule has 3 heteroatoms. The van der Waals surface area contributed by atoms with Gasteiger partial charge < -0.3 is 5.11 Å². The van der Waals surface area contributed by atoms with Crippen molar-refractivity contribution < 1.29 is 5.11 Å². The maximum Gasteiger partial charge on any atom is 0.0787 e. The molecule has 0 aromatic heterocycles. The third-order valence-electron chi connectivity index (χ3n) is 2.75. The minimum Gasteiger partial charge on any atom is -0.388 e. The van der Waals surface area contributed by atoms with Crippen LogP contribution in [-0.4, -0.2) is 35.0 Å². The van der Waals surface area contributed by atoms with Crippen LogP contribution in [0.5, 0.6) is 0 Å². The molecule has 1 aromatic rings. The topological polar surface area (TPSA) is 23.5 Å². The molecule has 0 bridgehead atoms. The standard InChI is InChI=1S/C15H25NOS/c1-11(2)18-13-9-7-12(8-10-13)14(16(5)6)15(3,4)17/h7-11,14,17H,1-6H3. The van der Waals surface area contributed by atoms with E-state index >= 15 is 0 Å². The highest BCUT2D eigenvalue weighted by Gasteiger charge is 2.30. The van der Waals surface area contributed by atoms with Crippen molar-refractivity contribution in [2.24, 2.45) is 0 Å². The maximum absolute atomic E-state index is 10.3. The largest absolute Gasteiger partial charge is 0.388 e. The summed E-state index contributed by atoms with van der Waals surface area (Å²) in [5.74, 6) is 0. The summed E-state index contributed by atoms with van der Waals surface area (Å²) in [4.78, 5) is 3.34. The molecule has 1 unspecified atom stereocenters. The van der Waals surface area contributed by atoms with Crippen molar-refractivity contribution in [2.45, 2.75) is 49.5 Å². The zero-order chi connectivity index (χ0) is 13.9. The highest BCUT2D eigenvalue weighted by Crippen LogP contribution is 2.31. The molecule has 0 amide bonds. The van der Waals surface area contributed by atoms with Gasteiger partial charge in [-0.15, -0.1) is 11.8 Å². The Hall–Kier alpha value is -0.510. The van der Waals surface area contributed by atoms with E-state index in [4.69, 9.17) is 0 Å². The van der Waals surface area contributed by atoms with Crippen LogP contribution < -0.4 is 0 Å². The lowest BCUT2D eigenvalue weighted by Crippen LogP contribution is -2.38. The van der Waals surface area contributed by atoms with E-state index < -0.39 is 5.60 Å². The molecule has 0 saturated carbocycles. The molecule has 0 saturated heterocycles. The van der Waals surface area contributed by atoms with Crippen molar-refractivity contribution >= 4 is 11.8 Å². The Balaban J connectivity index is 2.95. The highest BCUT2D eigenvalue weighted by molar-refractivity contribution is 7.99. The molecule has 1 N–H and O–H groups in total. The Morgan fingerprint density at radius 2 is 1.61 bits per heavy atom. The van der Waals surface area contributed by atoms with E-state index in [2.05, 4.69) is 43.0 Å². The van der Waals surface area contributed by atoms with Crippen LogP contribution in [0.1, 0.15) is 39.3 Å². The zero-order valence-corrected chi connectivity index (χ0v) is 13.1. The molecular formula is C15H25NOS. The first-order chi connectivity index (χ1) is 8.21. The predicted molar refractivity (Wildman–Crippen MR) is 80.2 cm³/mol. The van der Waals surface area contributed by atoms with Gasteiger partial charge in [0.1, 0.15) is 0 Å². The fourth-order valence-corrected chi connectivity index (χ4v) is 3.18. The second kappa shape index (κ2) is 6.09. The number of nitrogens with zero attached hydrogens (tertiary/aromatic N) is 1. The second-order valence-corrected chi connectivity index (χ2v) is 7.41. The quantitative estimate of drug-likeness (QED) is 0.825. The average molecular weight is 267 g/mol. The second-order valence-electron chi connectivity index (χ2n) is 5.76. The van der Waals surface area contributed by atoms with Crippen molar-refractivity contribution in [3.8, 4) is 0 Å². The van der Waals surface area contributed by atoms with Gasteiger partial charge >= 0.3 is 0 Å². The third-order valence-corrected chi connectivity index (χ3v) is 3.77. The number of thioether (sulfide) groups is 1. The number of aliphatic hydroxyl groups is 1. The lowest BCUT2D eigenvalue weighted by Gasteiger charge is -2.35. The van der Waals surface area contributed by atoms with Crippen molar-refractivity contribution in [2.75, 3.05) is 14.1 Å². The van der Waals surface area contributed by atoms with Gasteiger partial charge in [-0.1, -0.05) is 26.0 Å². The van der Waals surface area contributed by atoms with Crippen LogP contribution in [0.25, 0.3) is 0 Å². The van der Waals surface area contributed by atoms with Crippen LogP contribution in [0.3, 0.4) is 0 Å². The van der Waals surface area contributed by atoms with Gasteiger partial charge in [-0.25, -0.2) is 0 Å². The predicted octanol–water partition coefficient (Wildman–Crippen LogP) is 3.56. The molecule has 2 nitrogen and oxygen atoms in total. The van der Waals surface area contributed by atoms with Crippen LogP contribution in [0.15, 0.2) is 29.2 Å². The minimum absolute atomic E-state index is 0.00981. The first-order valence-electron chi connectivity index (χ1n) is 6.37. The number of rotatable bonds is 5. The Morgan fingerprint density at radius 1 is 1.11 bits per heavy atom. The van der Waals surface area contributed by atoms with Crippen LogP contribution >= 0.6 is 11.8 Å². The lowest BCUT2D eigenvalue weighted by molar-refractivity contribution is -0.00316. The summed E-state index contributed by atoms with van der Waals surface area (Å²) >= 11 is 1.86. The van der Waals surface area contributed by atoms with Crippen molar-refractivity contribution in [3.05, 3.63) is 29.8 Å². The molecule has 0 aliphatic rings. The van der Waals surface area contributed by atoms with Gasteiger partial charge in [-0.3, -0.25) is 4.90 Å². The number of likely N-dealkylation sites (N-methyl/N-ethyl adjacent to an activating group) is 1.